The van der Waals surface area contributed by atoms with Crippen molar-refractivity contribution in [2.24, 2.45) is 0 Å². The second kappa shape index (κ2) is 5.48. The Kier molecular flexibility index (Phi) is 4.97. The summed E-state index contributed by atoms with van der Waals surface area (Å²) in [5, 5.41) is 2.65. The molecule has 86 valence electrons. The van der Waals surface area contributed by atoms with Crippen LogP contribution in [0.5, 0.6) is 0 Å². The minimum absolute atomic E-state index is 0.179. The van der Waals surface area contributed by atoms with Crippen LogP contribution >= 0.6 is 0 Å². The van der Waals surface area contributed by atoms with Crippen LogP contribution in [0.2, 0.25) is 0 Å². The number of rotatable bonds is 3. The Hall–Kier alpha value is -1.39. The van der Waals surface area contributed by atoms with Gasteiger partial charge in [0.1, 0.15) is 0 Å². The van der Waals surface area contributed by atoms with Gasteiger partial charge in [0.25, 0.3) is 0 Å². The molecule has 0 bridgehead atoms. The van der Waals surface area contributed by atoms with Crippen molar-refractivity contribution >= 4 is 17.7 Å². The smallest absolute Gasteiger partial charge is 0.226 e. The van der Waals surface area contributed by atoms with E-state index in [4.69, 9.17) is 0 Å². The first kappa shape index (κ1) is 13.6. The van der Waals surface area contributed by atoms with Crippen LogP contribution < -0.4 is 5.32 Å². The highest BCUT2D eigenvalue weighted by Gasteiger charge is 2.25. The summed E-state index contributed by atoms with van der Waals surface area (Å²) < 4.78 is 0. The van der Waals surface area contributed by atoms with E-state index < -0.39 is 0 Å². The molecule has 0 aromatic rings. The van der Waals surface area contributed by atoms with Crippen LogP contribution in [-0.4, -0.2) is 34.7 Å². The van der Waals surface area contributed by atoms with Gasteiger partial charge < -0.3 is 5.32 Å². The molecule has 0 radical (unpaired) electrons. The maximum atomic E-state index is 11.2. The van der Waals surface area contributed by atoms with Crippen molar-refractivity contribution < 1.29 is 14.4 Å². The summed E-state index contributed by atoms with van der Waals surface area (Å²) in [5.41, 5.74) is 0. The van der Waals surface area contributed by atoms with Crippen molar-refractivity contribution in [1.29, 1.82) is 0 Å². The van der Waals surface area contributed by atoms with E-state index in [0.29, 0.717) is 0 Å². The molecular formula is C10H18N2O3. The van der Waals surface area contributed by atoms with Gasteiger partial charge in [-0.05, 0) is 13.8 Å². The standard InChI is InChI=1S/C10H18N2O3/c1-6(11-8(3)13)7(2)12(9(4)14)10(5)15/h6-7H,1-5H3,(H,11,13). The van der Waals surface area contributed by atoms with Gasteiger partial charge in [-0.3, -0.25) is 19.3 Å². The Morgan fingerprint density at radius 1 is 1.00 bits per heavy atom. The molecule has 0 saturated heterocycles. The molecule has 0 aliphatic heterocycles. The van der Waals surface area contributed by atoms with E-state index in [1.54, 1.807) is 13.8 Å². The van der Waals surface area contributed by atoms with Gasteiger partial charge in [-0.15, -0.1) is 0 Å². The third kappa shape index (κ3) is 4.10. The molecule has 0 aliphatic carbocycles. The van der Waals surface area contributed by atoms with Gasteiger partial charge in [0.05, 0.1) is 6.04 Å². The molecule has 0 heterocycles. The molecule has 0 spiro atoms. The Morgan fingerprint density at radius 3 is 1.67 bits per heavy atom. The first-order valence-corrected chi connectivity index (χ1v) is 4.84. The summed E-state index contributed by atoms with van der Waals surface area (Å²) in [4.78, 5) is 34.4. The molecule has 5 nitrogen and oxygen atoms in total. The minimum Gasteiger partial charge on any atom is -0.352 e. The third-order valence-electron chi connectivity index (χ3n) is 2.24. The Balaban J connectivity index is 4.63. The van der Waals surface area contributed by atoms with Crippen molar-refractivity contribution in [1.82, 2.24) is 10.2 Å². The van der Waals surface area contributed by atoms with Crippen LogP contribution in [-0.2, 0) is 14.4 Å². The highest BCUT2D eigenvalue weighted by Crippen LogP contribution is 2.05. The van der Waals surface area contributed by atoms with E-state index in [0.717, 1.165) is 4.90 Å². The molecule has 3 amide bonds. The predicted molar refractivity (Wildman–Crippen MR) is 55.9 cm³/mol. The van der Waals surface area contributed by atoms with Crippen molar-refractivity contribution in [3.8, 4) is 0 Å². The monoisotopic (exact) mass is 214 g/mol. The van der Waals surface area contributed by atoms with Crippen LogP contribution in [0.15, 0.2) is 0 Å². The molecule has 1 N–H and O–H groups in total. The fourth-order valence-electron chi connectivity index (χ4n) is 1.46. The van der Waals surface area contributed by atoms with Crippen LogP contribution in [0.25, 0.3) is 0 Å². The number of amides is 3. The average Bonchev–Trinajstić information content (AvgIpc) is 2.00. The molecule has 15 heavy (non-hydrogen) atoms. The molecule has 2 unspecified atom stereocenters. The molecule has 0 aromatic carbocycles. The molecule has 0 rings (SSSR count). The minimum atomic E-state index is -0.344. The van der Waals surface area contributed by atoms with Crippen LogP contribution in [0.4, 0.5) is 0 Å². The third-order valence-corrected chi connectivity index (χ3v) is 2.24. The summed E-state index contributed by atoms with van der Waals surface area (Å²) in [6.07, 6.45) is 0. The fourth-order valence-corrected chi connectivity index (χ4v) is 1.46. The first-order chi connectivity index (χ1) is 6.77. The van der Waals surface area contributed by atoms with Crippen molar-refractivity contribution in [2.45, 2.75) is 46.7 Å². The second-order valence-electron chi connectivity index (χ2n) is 3.64. The number of hydrogen-bond donors (Lipinski definition) is 1. The number of hydrogen-bond acceptors (Lipinski definition) is 3. The van der Waals surface area contributed by atoms with Crippen molar-refractivity contribution in [3.63, 3.8) is 0 Å². The summed E-state index contributed by atoms with van der Waals surface area (Å²) in [5.74, 6) is -0.805. The van der Waals surface area contributed by atoms with Gasteiger partial charge in [-0.1, -0.05) is 0 Å². The summed E-state index contributed by atoms with van der Waals surface area (Å²) in [7, 11) is 0. The van der Waals surface area contributed by atoms with Gasteiger partial charge in [0.15, 0.2) is 0 Å². The number of carbonyl (C=O) groups excluding carboxylic acids is 3. The summed E-state index contributed by atoms with van der Waals surface area (Å²) >= 11 is 0. The lowest BCUT2D eigenvalue weighted by Crippen LogP contribution is -2.51. The summed E-state index contributed by atoms with van der Waals surface area (Å²) in [6.45, 7) is 7.54. The van der Waals surface area contributed by atoms with Gasteiger partial charge in [-0.2, -0.15) is 0 Å². The van der Waals surface area contributed by atoms with Gasteiger partial charge in [0, 0.05) is 26.8 Å². The molecule has 0 aromatic heterocycles. The van der Waals surface area contributed by atoms with E-state index in [9.17, 15) is 14.4 Å². The quantitative estimate of drug-likeness (QED) is 0.734. The van der Waals surface area contributed by atoms with E-state index in [1.165, 1.54) is 20.8 Å². The Bertz CT molecular complexity index is 262. The maximum absolute atomic E-state index is 11.2. The van der Waals surface area contributed by atoms with Gasteiger partial charge >= 0.3 is 0 Å². The van der Waals surface area contributed by atoms with E-state index in [2.05, 4.69) is 5.32 Å². The molecule has 2 atom stereocenters. The molecule has 0 aliphatic rings. The SMILES string of the molecule is CC(=O)NC(C)C(C)N(C(C)=O)C(C)=O. The van der Waals surface area contributed by atoms with Crippen LogP contribution in [0.1, 0.15) is 34.6 Å². The zero-order chi connectivity index (χ0) is 12.2. The zero-order valence-corrected chi connectivity index (χ0v) is 9.83. The van der Waals surface area contributed by atoms with Crippen LogP contribution in [0.3, 0.4) is 0 Å². The lowest BCUT2D eigenvalue weighted by atomic mass is 10.1. The first-order valence-electron chi connectivity index (χ1n) is 4.84. The Morgan fingerprint density at radius 2 is 1.40 bits per heavy atom. The van der Waals surface area contributed by atoms with E-state index in [1.807, 2.05) is 0 Å². The number of nitrogens with one attached hydrogen (secondary N) is 1. The average molecular weight is 214 g/mol. The normalized spacial score (nSPS) is 13.9. The maximum Gasteiger partial charge on any atom is 0.226 e. The lowest BCUT2D eigenvalue weighted by molar-refractivity contribution is -0.145. The lowest BCUT2D eigenvalue weighted by Gasteiger charge is -2.30. The predicted octanol–water partition coefficient (Wildman–Crippen LogP) is 0.294. The highest BCUT2D eigenvalue weighted by molar-refractivity contribution is 5.93. The van der Waals surface area contributed by atoms with E-state index >= 15 is 0 Å². The van der Waals surface area contributed by atoms with E-state index in [-0.39, 0.29) is 29.8 Å². The number of nitrogens with zero attached hydrogens (tertiary/aromatic N) is 1. The van der Waals surface area contributed by atoms with Gasteiger partial charge in [0.2, 0.25) is 17.7 Å². The highest BCUT2D eigenvalue weighted by atomic mass is 16.2. The number of imide groups is 1. The Labute approximate surface area is 89.8 Å². The van der Waals surface area contributed by atoms with Gasteiger partial charge in [-0.25, -0.2) is 0 Å². The van der Waals surface area contributed by atoms with Crippen molar-refractivity contribution in [3.05, 3.63) is 0 Å². The molecule has 0 saturated carbocycles. The second-order valence-corrected chi connectivity index (χ2v) is 3.64. The summed E-state index contributed by atoms with van der Waals surface area (Å²) in [6, 6.07) is -0.598. The zero-order valence-electron chi connectivity index (χ0n) is 9.83. The largest absolute Gasteiger partial charge is 0.352 e. The molecule has 5 heteroatoms. The topological polar surface area (TPSA) is 66.5 Å². The fraction of sp³-hybridized carbons (Fsp3) is 0.700. The van der Waals surface area contributed by atoms with Crippen molar-refractivity contribution in [2.75, 3.05) is 0 Å². The number of carbonyl (C=O) groups is 3. The molecule has 0 fully saturated rings. The molecular weight excluding hydrogens is 196 g/mol. The van der Waals surface area contributed by atoms with Crippen LogP contribution in [0, 0.1) is 0 Å².